The number of nitrogens with zero attached hydrogens (tertiary/aromatic N) is 4. The van der Waals surface area contributed by atoms with Gasteiger partial charge in [0, 0.05) is 18.6 Å². The highest BCUT2D eigenvalue weighted by Crippen LogP contribution is 2.23. The van der Waals surface area contributed by atoms with Crippen LogP contribution < -0.4 is 16.0 Å². The number of benzene rings is 1. The average molecular weight is 327 g/mol. The Hall–Kier alpha value is -1.96. The van der Waals surface area contributed by atoms with Gasteiger partial charge in [-0.1, -0.05) is 15.9 Å². The molecule has 0 aliphatic carbocycles. The van der Waals surface area contributed by atoms with Gasteiger partial charge < -0.3 is 16.0 Å². The van der Waals surface area contributed by atoms with E-state index in [1.807, 2.05) is 0 Å². The summed E-state index contributed by atoms with van der Waals surface area (Å²) < 4.78 is 14.4. The zero-order valence-corrected chi connectivity index (χ0v) is 11.9. The summed E-state index contributed by atoms with van der Waals surface area (Å²) in [6.45, 7) is 0. The van der Waals surface area contributed by atoms with Crippen LogP contribution in [0.1, 0.15) is 0 Å². The zero-order chi connectivity index (χ0) is 14.0. The second kappa shape index (κ2) is 5.35. The van der Waals surface area contributed by atoms with Gasteiger partial charge in [-0.15, -0.1) is 0 Å². The fraction of sp³-hybridized carbons (Fsp3) is 0.182. The molecule has 0 unspecified atom stereocenters. The van der Waals surface area contributed by atoms with E-state index >= 15 is 0 Å². The van der Waals surface area contributed by atoms with Crippen LogP contribution in [-0.2, 0) is 0 Å². The number of hydrogen-bond donors (Lipinski definition) is 2. The van der Waals surface area contributed by atoms with Crippen molar-refractivity contribution < 1.29 is 4.39 Å². The first-order valence-corrected chi connectivity index (χ1v) is 6.16. The molecule has 0 saturated heterocycles. The topological polar surface area (TPSA) is 80.0 Å². The highest BCUT2D eigenvalue weighted by atomic mass is 79.9. The van der Waals surface area contributed by atoms with Gasteiger partial charge in [-0.25, -0.2) is 4.39 Å². The molecule has 0 atom stereocenters. The maximum absolute atomic E-state index is 13.6. The Morgan fingerprint density at radius 1 is 1.26 bits per heavy atom. The van der Waals surface area contributed by atoms with Gasteiger partial charge >= 0.3 is 0 Å². The van der Waals surface area contributed by atoms with Crippen LogP contribution in [0.2, 0.25) is 0 Å². The third-order valence-electron chi connectivity index (χ3n) is 2.22. The molecule has 0 bridgehead atoms. The van der Waals surface area contributed by atoms with E-state index in [1.54, 1.807) is 31.1 Å². The first-order chi connectivity index (χ1) is 8.95. The fourth-order valence-electron chi connectivity index (χ4n) is 1.35. The summed E-state index contributed by atoms with van der Waals surface area (Å²) in [5.41, 5.74) is 5.84. The van der Waals surface area contributed by atoms with Crippen LogP contribution in [0.15, 0.2) is 22.7 Å². The predicted octanol–water partition coefficient (Wildman–Crippen LogP) is 2.16. The van der Waals surface area contributed by atoms with Crippen molar-refractivity contribution in [3.8, 4) is 0 Å². The summed E-state index contributed by atoms with van der Waals surface area (Å²) in [5.74, 6) is 0.240. The Kier molecular flexibility index (Phi) is 3.79. The van der Waals surface area contributed by atoms with Crippen molar-refractivity contribution in [2.45, 2.75) is 0 Å². The van der Waals surface area contributed by atoms with Gasteiger partial charge in [-0.05, 0) is 18.2 Å². The van der Waals surface area contributed by atoms with Crippen molar-refractivity contribution in [3.05, 3.63) is 28.5 Å². The molecule has 6 nitrogen and oxygen atoms in total. The fourth-order valence-corrected chi connectivity index (χ4v) is 1.71. The van der Waals surface area contributed by atoms with Crippen molar-refractivity contribution >= 4 is 39.5 Å². The maximum Gasteiger partial charge on any atom is 0.233 e. The molecular formula is C11H12BrFN6. The lowest BCUT2D eigenvalue weighted by atomic mass is 10.3. The van der Waals surface area contributed by atoms with E-state index in [4.69, 9.17) is 5.73 Å². The van der Waals surface area contributed by atoms with Gasteiger partial charge in [-0.2, -0.15) is 15.0 Å². The smallest absolute Gasteiger partial charge is 0.233 e. The van der Waals surface area contributed by atoms with Crippen molar-refractivity contribution in [2.75, 3.05) is 30.0 Å². The normalized spacial score (nSPS) is 10.3. The SMILES string of the molecule is CN(C)c1nc(N)nc(Nc2cc(Br)ccc2F)n1. The lowest BCUT2D eigenvalue weighted by Gasteiger charge is -2.12. The molecule has 0 aliphatic heterocycles. The zero-order valence-electron chi connectivity index (χ0n) is 10.4. The molecule has 8 heteroatoms. The molecule has 1 aromatic carbocycles. The third-order valence-corrected chi connectivity index (χ3v) is 2.71. The van der Waals surface area contributed by atoms with Crippen LogP contribution in [-0.4, -0.2) is 29.0 Å². The molecule has 0 radical (unpaired) electrons. The Bertz CT molecular complexity index is 604. The summed E-state index contributed by atoms with van der Waals surface area (Å²) in [7, 11) is 3.55. The number of nitrogen functional groups attached to an aromatic ring is 1. The minimum atomic E-state index is -0.409. The highest BCUT2D eigenvalue weighted by Gasteiger charge is 2.09. The van der Waals surface area contributed by atoms with Crippen LogP contribution in [0, 0.1) is 5.82 Å². The van der Waals surface area contributed by atoms with Gasteiger partial charge in [0.1, 0.15) is 5.82 Å². The minimum Gasteiger partial charge on any atom is -0.368 e. The molecule has 2 rings (SSSR count). The first kappa shape index (κ1) is 13.5. The first-order valence-electron chi connectivity index (χ1n) is 5.36. The number of halogens is 2. The Balaban J connectivity index is 2.35. The molecule has 1 heterocycles. The second-order valence-electron chi connectivity index (χ2n) is 3.96. The summed E-state index contributed by atoms with van der Waals surface area (Å²) in [5, 5.41) is 2.78. The molecule has 1 aromatic heterocycles. The van der Waals surface area contributed by atoms with Crippen LogP contribution in [0.4, 0.5) is 27.9 Å². The Morgan fingerprint density at radius 3 is 2.68 bits per heavy atom. The minimum absolute atomic E-state index is 0.0663. The summed E-state index contributed by atoms with van der Waals surface area (Å²) in [6.07, 6.45) is 0. The molecule has 0 fully saturated rings. The van der Waals surface area contributed by atoms with E-state index in [1.165, 1.54) is 6.07 Å². The molecule has 100 valence electrons. The standard InChI is InChI=1S/C11H12BrFN6/c1-19(2)11-17-9(14)16-10(18-11)15-8-5-6(12)3-4-7(8)13/h3-5H,1-2H3,(H3,14,15,16,17,18). The van der Waals surface area contributed by atoms with E-state index < -0.39 is 5.82 Å². The highest BCUT2D eigenvalue weighted by molar-refractivity contribution is 9.10. The third kappa shape index (κ3) is 3.28. The summed E-state index contributed by atoms with van der Waals surface area (Å²) in [4.78, 5) is 13.7. The van der Waals surface area contributed by atoms with Crippen LogP contribution in [0.25, 0.3) is 0 Å². The van der Waals surface area contributed by atoms with Crippen molar-refractivity contribution in [1.29, 1.82) is 0 Å². The van der Waals surface area contributed by atoms with E-state index in [0.29, 0.717) is 5.95 Å². The van der Waals surface area contributed by atoms with Crippen molar-refractivity contribution in [3.63, 3.8) is 0 Å². The van der Waals surface area contributed by atoms with Crippen LogP contribution in [0.5, 0.6) is 0 Å². The van der Waals surface area contributed by atoms with Gasteiger partial charge in [0.2, 0.25) is 17.8 Å². The Morgan fingerprint density at radius 2 is 2.00 bits per heavy atom. The van der Waals surface area contributed by atoms with Gasteiger partial charge in [0.05, 0.1) is 5.69 Å². The summed E-state index contributed by atoms with van der Waals surface area (Å²) in [6, 6.07) is 4.53. The molecular weight excluding hydrogens is 315 g/mol. The monoisotopic (exact) mass is 326 g/mol. The van der Waals surface area contributed by atoms with E-state index in [0.717, 1.165) is 4.47 Å². The number of aromatic nitrogens is 3. The summed E-state index contributed by atoms with van der Waals surface area (Å²) >= 11 is 3.27. The molecule has 19 heavy (non-hydrogen) atoms. The Labute approximate surface area is 118 Å². The van der Waals surface area contributed by atoms with E-state index in [9.17, 15) is 4.39 Å². The molecule has 0 aliphatic rings. The molecule has 0 spiro atoms. The number of hydrogen-bond acceptors (Lipinski definition) is 6. The lowest BCUT2D eigenvalue weighted by molar-refractivity contribution is 0.631. The number of anilines is 4. The predicted molar refractivity (Wildman–Crippen MR) is 75.9 cm³/mol. The van der Waals surface area contributed by atoms with Crippen LogP contribution in [0.3, 0.4) is 0 Å². The van der Waals surface area contributed by atoms with Crippen molar-refractivity contribution in [2.24, 2.45) is 0 Å². The van der Waals surface area contributed by atoms with E-state index in [-0.39, 0.29) is 17.6 Å². The van der Waals surface area contributed by atoms with Crippen molar-refractivity contribution in [1.82, 2.24) is 15.0 Å². The average Bonchev–Trinajstić information content (AvgIpc) is 2.33. The second-order valence-corrected chi connectivity index (χ2v) is 4.88. The quantitative estimate of drug-likeness (QED) is 0.899. The van der Waals surface area contributed by atoms with E-state index in [2.05, 4.69) is 36.2 Å². The maximum atomic E-state index is 13.6. The largest absolute Gasteiger partial charge is 0.368 e. The van der Waals surface area contributed by atoms with Crippen LogP contribution >= 0.6 is 15.9 Å². The lowest BCUT2D eigenvalue weighted by Crippen LogP contribution is -2.15. The van der Waals surface area contributed by atoms with Gasteiger partial charge in [0.25, 0.3) is 0 Å². The van der Waals surface area contributed by atoms with Gasteiger partial charge in [0.15, 0.2) is 0 Å². The molecule has 3 N–H and O–H groups in total. The molecule has 0 amide bonds. The molecule has 2 aromatic rings. The molecule has 0 saturated carbocycles. The number of nitrogens with two attached hydrogens (primary N) is 1. The number of rotatable bonds is 3. The number of nitrogens with one attached hydrogen (secondary N) is 1. The van der Waals surface area contributed by atoms with Gasteiger partial charge in [-0.3, -0.25) is 0 Å².